The van der Waals surface area contributed by atoms with Crippen LogP contribution in [0, 0.1) is 5.21 Å². The predicted molar refractivity (Wildman–Crippen MR) is 87.9 cm³/mol. The molecule has 1 amide bonds. The highest BCUT2D eigenvalue weighted by Gasteiger charge is 2.19. The van der Waals surface area contributed by atoms with Crippen LogP contribution in [-0.2, 0) is 9.53 Å². The maximum absolute atomic E-state index is 12.0. The molecule has 0 aliphatic heterocycles. The molecule has 1 heterocycles. The third kappa shape index (κ3) is 4.81. The first-order valence-electron chi connectivity index (χ1n) is 7.81. The molecule has 1 N–H and O–H groups in total. The molecule has 0 saturated heterocycles. The van der Waals surface area contributed by atoms with Crippen molar-refractivity contribution in [1.29, 1.82) is 0 Å². The molecule has 6 nitrogen and oxygen atoms in total. The molecule has 0 aliphatic carbocycles. The highest BCUT2D eigenvalue weighted by atomic mass is 16.5. The predicted octanol–water partition coefficient (Wildman–Crippen LogP) is 2.13. The van der Waals surface area contributed by atoms with Gasteiger partial charge in [0.25, 0.3) is 5.91 Å². The minimum absolute atomic E-state index is 0.136. The van der Waals surface area contributed by atoms with Crippen molar-refractivity contribution in [1.82, 2.24) is 5.32 Å². The first-order chi connectivity index (χ1) is 11.6. The van der Waals surface area contributed by atoms with E-state index in [1.807, 2.05) is 37.3 Å². The van der Waals surface area contributed by atoms with Crippen molar-refractivity contribution in [3.8, 4) is 0 Å². The smallest absolute Gasteiger partial charge is 0.405 e. The molecule has 0 spiro atoms. The highest BCUT2D eigenvalue weighted by molar-refractivity contribution is 5.88. The number of nitrogens with one attached hydrogen (secondary N) is 1. The van der Waals surface area contributed by atoms with Crippen LogP contribution in [0.5, 0.6) is 0 Å². The summed E-state index contributed by atoms with van der Waals surface area (Å²) in [5.74, 6) is -1.23. The number of benzene rings is 1. The van der Waals surface area contributed by atoms with Gasteiger partial charge in [0.05, 0.1) is 6.04 Å². The number of ether oxygens (including phenoxy) is 1. The Morgan fingerprint density at radius 2 is 1.88 bits per heavy atom. The van der Waals surface area contributed by atoms with Gasteiger partial charge in [-0.15, -0.1) is 0 Å². The maximum Gasteiger partial charge on any atom is 0.405 e. The van der Waals surface area contributed by atoms with Crippen LogP contribution in [0.25, 0.3) is 0 Å². The Morgan fingerprint density at radius 3 is 2.54 bits per heavy atom. The molecule has 0 radical (unpaired) electrons. The number of aromatic nitrogens is 1. The number of amides is 1. The molecule has 0 fully saturated rings. The third-order valence-corrected chi connectivity index (χ3v) is 3.48. The highest BCUT2D eigenvalue weighted by Crippen LogP contribution is 2.17. The van der Waals surface area contributed by atoms with E-state index in [0.29, 0.717) is 4.73 Å². The quantitative estimate of drug-likeness (QED) is 0.479. The van der Waals surface area contributed by atoms with E-state index < -0.39 is 18.5 Å². The Labute approximate surface area is 140 Å². The zero-order valence-corrected chi connectivity index (χ0v) is 13.5. The summed E-state index contributed by atoms with van der Waals surface area (Å²) in [5.41, 5.74) is 0.845. The molecule has 6 heteroatoms. The van der Waals surface area contributed by atoms with E-state index in [9.17, 15) is 14.8 Å². The summed E-state index contributed by atoms with van der Waals surface area (Å²) in [6.45, 7) is 1.60. The second-order valence-electron chi connectivity index (χ2n) is 5.31. The monoisotopic (exact) mass is 328 g/mol. The molecular weight excluding hydrogens is 308 g/mol. The molecule has 0 saturated carbocycles. The van der Waals surface area contributed by atoms with Crippen molar-refractivity contribution in [3.05, 3.63) is 71.2 Å². The van der Waals surface area contributed by atoms with Gasteiger partial charge in [0.15, 0.2) is 12.8 Å². The summed E-state index contributed by atoms with van der Waals surface area (Å²) < 4.78 is 5.32. The number of carbonyl (C=O) groups excluding carboxylic acids is 2. The number of rotatable bonds is 7. The number of nitrogens with zero attached hydrogens (tertiary/aromatic N) is 1. The summed E-state index contributed by atoms with van der Waals surface area (Å²) in [5, 5.41) is 14.3. The van der Waals surface area contributed by atoms with Crippen molar-refractivity contribution in [2.75, 3.05) is 6.61 Å². The average molecular weight is 328 g/mol. The molecule has 1 atom stereocenters. The van der Waals surface area contributed by atoms with Gasteiger partial charge in [-0.1, -0.05) is 43.7 Å². The number of carbonyl (C=O) groups is 2. The third-order valence-electron chi connectivity index (χ3n) is 3.48. The van der Waals surface area contributed by atoms with Gasteiger partial charge in [-0.25, -0.2) is 4.79 Å². The Hall–Kier alpha value is -2.89. The van der Waals surface area contributed by atoms with Crippen LogP contribution in [0.15, 0.2) is 54.7 Å². The minimum atomic E-state index is -0.826. The number of pyridine rings is 1. The summed E-state index contributed by atoms with van der Waals surface area (Å²) in [6, 6.07) is 13.9. The first-order valence-corrected chi connectivity index (χ1v) is 7.81. The summed E-state index contributed by atoms with van der Waals surface area (Å²) >= 11 is 0. The lowest BCUT2D eigenvalue weighted by Gasteiger charge is -2.18. The fraction of sp³-hybridized carbons (Fsp3) is 0.278. The van der Waals surface area contributed by atoms with Gasteiger partial charge in [0.2, 0.25) is 0 Å². The zero-order chi connectivity index (χ0) is 17.4. The van der Waals surface area contributed by atoms with Crippen molar-refractivity contribution in [2.24, 2.45) is 0 Å². The largest absolute Gasteiger partial charge is 0.618 e. The Morgan fingerprint density at radius 1 is 1.17 bits per heavy atom. The van der Waals surface area contributed by atoms with Gasteiger partial charge in [0.1, 0.15) is 0 Å². The molecule has 2 rings (SSSR count). The van der Waals surface area contributed by atoms with Crippen LogP contribution in [0.3, 0.4) is 0 Å². The topological polar surface area (TPSA) is 82.3 Å². The normalized spacial score (nSPS) is 11.5. The van der Waals surface area contributed by atoms with Gasteiger partial charge in [-0.3, -0.25) is 4.79 Å². The molecule has 0 unspecified atom stereocenters. The number of hydrogen-bond acceptors (Lipinski definition) is 4. The van der Waals surface area contributed by atoms with Gasteiger partial charge in [-0.05, 0) is 18.1 Å². The lowest BCUT2D eigenvalue weighted by atomic mass is 10.0. The maximum atomic E-state index is 12.0. The minimum Gasteiger partial charge on any atom is -0.618 e. The SMILES string of the molecule is CCC[C@@H](NC(=O)COC(=O)c1cccc[n+]1[O-])c1ccccc1. The second-order valence-corrected chi connectivity index (χ2v) is 5.31. The summed E-state index contributed by atoms with van der Waals surface area (Å²) in [7, 11) is 0. The molecule has 2 aromatic rings. The van der Waals surface area contributed by atoms with E-state index in [-0.39, 0.29) is 11.7 Å². The van der Waals surface area contributed by atoms with E-state index in [0.717, 1.165) is 18.4 Å². The molecular formula is C18H20N2O4. The Bertz CT molecular complexity index is 688. The van der Waals surface area contributed by atoms with Crippen LogP contribution in [-0.4, -0.2) is 18.5 Å². The van der Waals surface area contributed by atoms with Gasteiger partial charge in [-0.2, -0.15) is 4.73 Å². The molecule has 1 aromatic carbocycles. The number of esters is 1. The molecule has 24 heavy (non-hydrogen) atoms. The fourth-order valence-corrected chi connectivity index (χ4v) is 2.32. The number of hydrogen-bond donors (Lipinski definition) is 1. The van der Waals surface area contributed by atoms with Crippen molar-refractivity contribution in [2.45, 2.75) is 25.8 Å². The van der Waals surface area contributed by atoms with E-state index in [2.05, 4.69) is 5.32 Å². The zero-order valence-electron chi connectivity index (χ0n) is 13.5. The van der Waals surface area contributed by atoms with Crippen LogP contribution < -0.4 is 10.0 Å². The van der Waals surface area contributed by atoms with Crippen LogP contribution in [0.2, 0.25) is 0 Å². The van der Waals surface area contributed by atoms with Crippen molar-refractivity contribution in [3.63, 3.8) is 0 Å². The van der Waals surface area contributed by atoms with E-state index >= 15 is 0 Å². The molecule has 0 bridgehead atoms. The first kappa shape index (κ1) is 17.5. The molecule has 1 aromatic heterocycles. The lowest BCUT2D eigenvalue weighted by Crippen LogP contribution is -2.37. The van der Waals surface area contributed by atoms with Gasteiger partial charge in [0, 0.05) is 12.1 Å². The lowest BCUT2D eigenvalue weighted by molar-refractivity contribution is -0.608. The summed E-state index contributed by atoms with van der Waals surface area (Å²) in [6.07, 6.45) is 2.88. The van der Waals surface area contributed by atoms with Gasteiger partial charge < -0.3 is 15.3 Å². The van der Waals surface area contributed by atoms with Crippen molar-refractivity contribution >= 4 is 11.9 Å². The van der Waals surface area contributed by atoms with E-state index in [1.54, 1.807) is 6.07 Å². The summed E-state index contributed by atoms with van der Waals surface area (Å²) in [4.78, 5) is 23.9. The van der Waals surface area contributed by atoms with Crippen LogP contribution in [0.4, 0.5) is 0 Å². The second kappa shape index (κ2) is 8.67. The van der Waals surface area contributed by atoms with E-state index in [1.165, 1.54) is 18.3 Å². The molecule has 126 valence electrons. The standard InChI is InChI=1S/C18H20N2O4/c1-2-8-15(14-9-4-3-5-10-14)19-17(21)13-24-18(22)16-11-6-7-12-20(16)23/h3-7,9-12,15H,2,8,13H2,1H3,(H,19,21)/t15-/m1/s1. The molecule has 0 aliphatic rings. The van der Waals surface area contributed by atoms with Crippen LogP contribution in [0.1, 0.15) is 41.9 Å². The van der Waals surface area contributed by atoms with Crippen molar-refractivity contribution < 1.29 is 19.1 Å². The van der Waals surface area contributed by atoms with Crippen LogP contribution >= 0.6 is 0 Å². The average Bonchev–Trinajstić information content (AvgIpc) is 2.60. The fourth-order valence-electron chi connectivity index (χ4n) is 2.32. The Balaban J connectivity index is 1.92. The Kier molecular flexibility index (Phi) is 6.31. The van der Waals surface area contributed by atoms with E-state index in [4.69, 9.17) is 4.74 Å². The van der Waals surface area contributed by atoms with Gasteiger partial charge >= 0.3 is 11.7 Å².